The molecular formula is C23H23N3O3S. The molecular weight excluding hydrogens is 398 g/mol. The molecule has 1 aliphatic rings. The maximum atomic E-state index is 12.7. The first-order valence-corrected chi connectivity index (χ1v) is 10.4. The first kappa shape index (κ1) is 20.1. The Bertz CT molecular complexity index is 1210. The molecule has 1 amide bonds. The highest BCUT2D eigenvalue weighted by Gasteiger charge is 2.16. The van der Waals surface area contributed by atoms with Gasteiger partial charge in [-0.3, -0.25) is 14.2 Å². The lowest BCUT2D eigenvalue weighted by Gasteiger charge is -2.13. The minimum absolute atomic E-state index is 0.210. The van der Waals surface area contributed by atoms with E-state index in [1.54, 1.807) is 24.3 Å². The number of carbonyl (C=O) groups is 1. The van der Waals surface area contributed by atoms with Crippen molar-refractivity contribution in [3.63, 3.8) is 0 Å². The molecule has 2 aromatic carbocycles. The monoisotopic (exact) mass is 421 g/mol. The number of rotatable bonds is 6. The number of fused-ring (bicyclic) bond motifs is 1. The molecule has 1 fully saturated rings. The van der Waals surface area contributed by atoms with E-state index in [0.29, 0.717) is 39.6 Å². The summed E-state index contributed by atoms with van der Waals surface area (Å²) in [4.78, 5) is 28.3. The lowest BCUT2D eigenvalue weighted by molar-refractivity contribution is 0.102. The van der Waals surface area contributed by atoms with Gasteiger partial charge in [-0.2, -0.15) is 0 Å². The highest BCUT2D eigenvalue weighted by Crippen LogP contribution is 2.25. The van der Waals surface area contributed by atoms with Gasteiger partial charge in [-0.15, -0.1) is 6.58 Å². The maximum Gasteiger partial charge on any atom is 0.262 e. The zero-order chi connectivity index (χ0) is 21.1. The fourth-order valence-electron chi connectivity index (χ4n) is 3.71. The van der Waals surface area contributed by atoms with Crippen LogP contribution in [0.4, 0.5) is 5.69 Å². The number of aromatic nitrogens is 2. The van der Waals surface area contributed by atoms with Crippen LogP contribution in [0.2, 0.25) is 0 Å². The van der Waals surface area contributed by atoms with Crippen LogP contribution >= 0.6 is 12.2 Å². The van der Waals surface area contributed by atoms with Crippen LogP contribution in [0.15, 0.2) is 59.9 Å². The number of allylic oxidation sites excluding steroid dienone is 1. The molecule has 1 saturated carbocycles. The fourth-order valence-corrected chi connectivity index (χ4v) is 3.98. The smallest absolute Gasteiger partial charge is 0.262 e. The number of benzene rings is 2. The van der Waals surface area contributed by atoms with Gasteiger partial charge in [-0.25, -0.2) is 0 Å². The highest BCUT2D eigenvalue weighted by atomic mass is 32.1. The molecule has 2 N–H and O–H groups in total. The maximum absolute atomic E-state index is 12.7. The normalized spacial score (nSPS) is 14.0. The van der Waals surface area contributed by atoms with Crippen LogP contribution in [0, 0.1) is 4.77 Å². The Labute approximate surface area is 179 Å². The third kappa shape index (κ3) is 4.21. The SMILES string of the molecule is C=CCn1c(=S)[nH]c2cc(C(=O)Nc3ccc(OC4CCCC4)cc3)ccc2c1=O. The minimum Gasteiger partial charge on any atom is -0.490 e. The van der Waals surface area contributed by atoms with Crippen LogP contribution in [-0.2, 0) is 6.54 Å². The summed E-state index contributed by atoms with van der Waals surface area (Å²) in [6.45, 7) is 3.97. The first-order valence-electron chi connectivity index (χ1n) is 10.0. The van der Waals surface area contributed by atoms with Crippen LogP contribution in [0.3, 0.4) is 0 Å². The first-order chi connectivity index (χ1) is 14.5. The Kier molecular flexibility index (Phi) is 5.81. The number of carbonyl (C=O) groups excluding carboxylic acids is 1. The van der Waals surface area contributed by atoms with Crippen molar-refractivity contribution in [3.8, 4) is 5.75 Å². The van der Waals surface area contributed by atoms with Gasteiger partial charge in [0, 0.05) is 17.8 Å². The van der Waals surface area contributed by atoms with Crippen LogP contribution in [-0.4, -0.2) is 21.6 Å². The van der Waals surface area contributed by atoms with Crippen molar-refractivity contribution < 1.29 is 9.53 Å². The van der Waals surface area contributed by atoms with E-state index in [9.17, 15) is 9.59 Å². The summed E-state index contributed by atoms with van der Waals surface area (Å²) in [7, 11) is 0. The third-order valence-corrected chi connectivity index (χ3v) is 5.60. The van der Waals surface area contributed by atoms with E-state index in [2.05, 4.69) is 16.9 Å². The number of H-pyrrole nitrogens is 1. The quantitative estimate of drug-likeness (QED) is 0.442. The average molecular weight is 422 g/mol. The molecule has 0 saturated heterocycles. The van der Waals surface area contributed by atoms with Crippen molar-refractivity contribution in [1.29, 1.82) is 0 Å². The lowest BCUT2D eigenvalue weighted by Crippen LogP contribution is -2.22. The number of nitrogens with one attached hydrogen (secondary N) is 2. The van der Waals surface area contributed by atoms with Gasteiger partial charge in [0.25, 0.3) is 11.5 Å². The summed E-state index contributed by atoms with van der Waals surface area (Å²) >= 11 is 5.26. The van der Waals surface area contributed by atoms with Gasteiger partial charge in [-0.05, 0) is 80.4 Å². The van der Waals surface area contributed by atoms with Crippen molar-refractivity contribution in [1.82, 2.24) is 9.55 Å². The number of amides is 1. The van der Waals surface area contributed by atoms with Gasteiger partial charge < -0.3 is 15.0 Å². The fraction of sp³-hybridized carbons (Fsp3) is 0.261. The van der Waals surface area contributed by atoms with E-state index < -0.39 is 0 Å². The predicted molar refractivity (Wildman–Crippen MR) is 121 cm³/mol. The topological polar surface area (TPSA) is 76.1 Å². The van der Waals surface area contributed by atoms with E-state index in [1.165, 1.54) is 17.4 Å². The van der Waals surface area contributed by atoms with Crippen molar-refractivity contribution >= 4 is 34.7 Å². The zero-order valence-electron chi connectivity index (χ0n) is 16.5. The second-order valence-corrected chi connectivity index (χ2v) is 7.78. The molecule has 30 heavy (non-hydrogen) atoms. The molecule has 6 nitrogen and oxygen atoms in total. The second kappa shape index (κ2) is 8.67. The molecule has 0 spiro atoms. The van der Waals surface area contributed by atoms with Crippen LogP contribution in [0.5, 0.6) is 5.75 Å². The number of hydrogen-bond acceptors (Lipinski definition) is 4. The van der Waals surface area contributed by atoms with Gasteiger partial charge in [0.2, 0.25) is 0 Å². The summed E-state index contributed by atoms with van der Waals surface area (Å²) in [5.41, 5.74) is 1.42. The molecule has 0 bridgehead atoms. The largest absolute Gasteiger partial charge is 0.490 e. The third-order valence-electron chi connectivity index (χ3n) is 5.27. The molecule has 1 heterocycles. The van der Waals surface area contributed by atoms with Crippen molar-refractivity contribution in [2.45, 2.75) is 38.3 Å². The Hall–Kier alpha value is -3.19. The van der Waals surface area contributed by atoms with E-state index in [1.807, 2.05) is 24.3 Å². The van der Waals surface area contributed by atoms with Crippen molar-refractivity contribution in [3.05, 3.63) is 75.8 Å². The van der Waals surface area contributed by atoms with Crippen LogP contribution < -0.4 is 15.6 Å². The Morgan fingerprint density at radius 1 is 1.23 bits per heavy atom. The highest BCUT2D eigenvalue weighted by molar-refractivity contribution is 7.71. The Balaban J connectivity index is 1.51. The standard InChI is InChI=1S/C23H23N3O3S/c1-2-13-26-22(28)19-12-7-15(14-20(19)25-23(26)30)21(27)24-16-8-10-18(11-9-16)29-17-5-3-4-6-17/h2,7-12,14,17H,1,3-6,13H2,(H,24,27)(H,25,30). The van der Waals surface area contributed by atoms with Gasteiger partial charge in [0.1, 0.15) is 5.75 Å². The summed E-state index contributed by atoms with van der Waals surface area (Å²) < 4.78 is 7.68. The van der Waals surface area contributed by atoms with Crippen molar-refractivity contribution in [2.75, 3.05) is 5.32 Å². The number of hydrogen-bond donors (Lipinski definition) is 2. The molecule has 3 aromatic rings. The van der Waals surface area contributed by atoms with Crippen LogP contribution in [0.25, 0.3) is 10.9 Å². The molecule has 0 atom stereocenters. The van der Waals surface area contributed by atoms with Gasteiger partial charge in [-0.1, -0.05) is 6.08 Å². The number of aromatic amines is 1. The van der Waals surface area contributed by atoms with Gasteiger partial charge >= 0.3 is 0 Å². The molecule has 7 heteroatoms. The summed E-state index contributed by atoms with van der Waals surface area (Å²) in [6.07, 6.45) is 6.55. The minimum atomic E-state index is -0.268. The second-order valence-electron chi connectivity index (χ2n) is 7.40. The Morgan fingerprint density at radius 2 is 1.97 bits per heavy atom. The Morgan fingerprint density at radius 3 is 2.67 bits per heavy atom. The molecule has 1 aromatic heterocycles. The van der Waals surface area contributed by atoms with Gasteiger partial charge in [0.15, 0.2) is 4.77 Å². The summed E-state index contributed by atoms with van der Waals surface area (Å²) in [5.74, 6) is 0.546. The lowest BCUT2D eigenvalue weighted by atomic mass is 10.1. The van der Waals surface area contributed by atoms with Gasteiger partial charge in [0.05, 0.1) is 17.0 Å². The number of anilines is 1. The van der Waals surface area contributed by atoms with Crippen molar-refractivity contribution in [2.24, 2.45) is 0 Å². The zero-order valence-corrected chi connectivity index (χ0v) is 17.3. The molecule has 4 rings (SSSR count). The predicted octanol–water partition coefficient (Wildman–Crippen LogP) is 4.82. The van der Waals surface area contributed by atoms with E-state index >= 15 is 0 Å². The molecule has 0 aliphatic heterocycles. The average Bonchev–Trinajstić information content (AvgIpc) is 3.25. The number of nitrogens with zero attached hydrogens (tertiary/aromatic N) is 1. The molecule has 0 radical (unpaired) electrons. The molecule has 0 unspecified atom stereocenters. The summed E-state index contributed by atoms with van der Waals surface area (Å²) in [5, 5.41) is 3.34. The molecule has 1 aliphatic carbocycles. The number of ether oxygens (including phenoxy) is 1. The van der Waals surface area contributed by atoms with E-state index in [-0.39, 0.29) is 11.5 Å². The van der Waals surface area contributed by atoms with Crippen LogP contribution in [0.1, 0.15) is 36.0 Å². The van der Waals surface area contributed by atoms with E-state index in [4.69, 9.17) is 17.0 Å². The molecule has 154 valence electrons. The van der Waals surface area contributed by atoms with E-state index in [0.717, 1.165) is 18.6 Å². The summed E-state index contributed by atoms with van der Waals surface area (Å²) in [6, 6.07) is 12.3.